The van der Waals surface area contributed by atoms with Crippen LogP contribution in [0.3, 0.4) is 0 Å². The van der Waals surface area contributed by atoms with Crippen molar-refractivity contribution in [2.75, 3.05) is 12.4 Å². The smallest absolute Gasteiger partial charge is 0.338 e. The lowest BCUT2D eigenvalue weighted by molar-refractivity contribution is 0.0600. The molecule has 0 aliphatic heterocycles. The van der Waals surface area contributed by atoms with Gasteiger partial charge in [0.2, 0.25) is 0 Å². The number of carbonyl (C=O) groups is 1. The normalized spacial score (nSPS) is 10.5. The average molecular weight is 309 g/mol. The first-order chi connectivity index (χ1) is 11.1. The minimum atomic E-state index is -0.452. The predicted octanol–water partition coefficient (Wildman–Crippen LogP) is 4.43. The molecule has 0 aliphatic carbocycles. The van der Waals surface area contributed by atoms with Gasteiger partial charge in [-0.25, -0.2) is 4.79 Å². The van der Waals surface area contributed by atoms with Crippen molar-refractivity contribution < 1.29 is 14.6 Å². The summed E-state index contributed by atoms with van der Waals surface area (Å²) in [6.45, 7) is 5.37. The summed E-state index contributed by atoms with van der Waals surface area (Å²) < 4.78 is 4.83. The first-order valence-corrected chi connectivity index (χ1v) is 7.14. The summed E-state index contributed by atoms with van der Waals surface area (Å²) in [5, 5.41) is 13.7. The Bertz CT molecular complexity index is 749. The molecule has 0 aromatic heterocycles. The minimum absolute atomic E-state index is 0.0668. The number of anilines is 2. The van der Waals surface area contributed by atoms with E-state index in [0.29, 0.717) is 22.4 Å². The molecule has 0 fully saturated rings. The van der Waals surface area contributed by atoms with E-state index in [1.807, 2.05) is 30.3 Å². The van der Waals surface area contributed by atoms with E-state index < -0.39 is 5.97 Å². The number of hydrogen-bond acceptors (Lipinski definition) is 4. The lowest BCUT2D eigenvalue weighted by Gasteiger charge is -2.16. The van der Waals surface area contributed by atoms with Gasteiger partial charge in [-0.1, -0.05) is 43.0 Å². The van der Waals surface area contributed by atoms with Crippen molar-refractivity contribution in [3.63, 3.8) is 0 Å². The van der Waals surface area contributed by atoms with Crippen LogP contribution < -0.4 is 5.32 Å². The number of esters is 1. The third kappa shape index (κ3) is 3.61. The second-order valence-corrected chi connectivity index (χ2v) is 4.94. The van der Waals surface area contributed by atoms with E-state index in [4.69, 9.17) is 4.74 Å². The standard InChI is InChI=1S/C19H19NO3/c1-4-5-9-14-12-16(19(22)23-3)13(2)17(18(14)21)20-15-10-7-6-8-11-15/h4-12,20-21H,1H2,2-3H3/b9-5-. The van der Waals surface area contributed by atoms with Crippen molar-refractivity contribution in [3.05, 3.63) is 71.8 Å². The molecular formula is C19H19NO3. The summed E-state index contributed by atoms with van der Waals surface area (Å²) in [6.07, 6.45) is 4.98. The second kappa shape index (κ2) is 7.31. The maximum Gasteiger partial charge on any atom is 0.338 e. The number of methoxy groups -OCH3 is 1. The number of phenols is 1. The number of nitrogens with one attached hydrogen (secondary N) is 1. The Morgan fingerprint density at radius 2 is 2.00 bits per heavy atom. The molecule has 23 heavy (non-hydrogen) atoms. The van der Waals surface area contributed by atoms with Crippen molar-refractivity contribution in [1.82, 2.24) is 0 Å². The summed E-state index contributed by atoms with van der Waals surface area (Å²) in [6, 6.07) is 11.0. The van der Waals surface area contributed by atoms with E-state index in [1.165, 1.54) is 7.11 Å². The molecule has 0 bridgehead atoms. The fourth-order valence-corrected chi connectivity index (χ4v) is 2.23. The fourth-order valence-electron chi connectivity index (χ4n) is 2.23. The number of para-hydroxylation sites is 1. The second-order valence-electron chi connectivity index (χ2n) is 4.94. The molecule has 0 saturated heterocycles. The lowest BCUT2D eigenvalue weighted by Crippen LogP contribution is -2.07. The molecule has 4 nitrogen and oxygen atoms in total. The number of rotatable bonds is 5. The Balaban J connectivity index is 2.60. The van der Waals surface area contributed by atoms with E-state index in [2.05, 4.69) is 11.9 Å². The molecule has 4 heteroatoms. The summed E-state index contributed by atoms with van der Waals surface area (Å²) >= 11 is 0. The van der Waals surface area contributed by atoms with Gasteiger partial charge >= 0.3 is 5.97 Å². The van der Waals surface area contributed by atoms with Gasteiger partial charge in [-0.15, -0.1) is 0 Å². The summed E-state index contributed by atoms with van der Waals surface area (Å²) in [5.74, 6) is -0.385. The molecule has 0 spiro atoms. The predicted molar refractivity (Wildman–Crippen MR) is 93.1 cm³/mol. The molecule has 0 radical (unpaired) electrons. The molecule has 2 aromatic rings. The molecule has 118 valence electrons. The monoisotopic (exact) mass is 309 g/mol. The molecular weight excluding hydrogens is 290 g/mol. The number of allylic oxidation sites excluding steroid dienone is 2. The van der Waals surface area contributed by atoms with Crippen molar-refractivity contribution in [2.24, 2.45) is 0 Å². The number of carbonyl (C=O) groups excluding carboxylic acids is 1. The van der Waals surface area contributed by atoms with Gasteiger partial charge in [-0.2, -0.15) is 0 Å². The number of aromatic hydroxyl groups is 1. The molecule has 0 saturated carbocycles. The molecule has 2 N–H and O–H groups in total. The van der Waals surface area contributed by atoms with Crippen LogP contribution in [0.2, 0.25) is 0 Å². The maximum absolute atomic E-state index is 12.0. The van der Waals surface area contributed by atoms with Crippen LogP contribution in [0.5, 0.6) is 5.75 Å². The SMILES string of the molecule is C=C/C=C\c1cc(C(=O)OC)c(C)c(Nc2ccccc2)c1O. The lowest BCUT2D eigenvalue weighted by atomic mass is 10.00. The minimum Gasteiger partial charge on any atom is -0.505 e. The third-order valence-electron chi connectivity index (χ3n) is 3.45. The van der Waals surface area contributed by atoms with Crippen LogP contribution in [0.15, 0.2) is 55.1 Å². The Labute approximate surface area is 135 Å². The molecule has 0 atom stereocenters. The molecule has 2 aromatic carbocycles. The van der Waals surface area contributed by atoms with Crippen LogP contribution in [-0.4, -0.2) is 18.2 Å². The maximum atomic E-state index is 12.0. The first-order valence-electron chi connectivity index (χ1n) is 7.14. The van der Waals surface area contributed by atoms with E-state index in [0.717, 1.165) is 5.69 Å². The van der Waals surface area contributed by atoms with E-state index >= 15 is 0 Å². The largest absolute Gasteiger partial charge is 0.505 e. The van der Waals surface area contributed by atoms with Crippen molar-refractivity contribution in [2.45, 2.75) is 6.92 Å². The van der Waals surface area contributed by atoms with Gasteiger partial charge in [0, 0.05) is 11.3 Å². The Hall–Kier alpha value is -3.01. The van der Waals surface area contributed by atoms with Gasteiger partial charge in [-0.05, 0) is 30.7 Å². The Kier molecular flexibility index (Phi) is 5.20. The molecule has 2 rings (SSSR count). The van der Waals surface area contributed by atoms with Crippen LogP contribution in [0, 0.1) is 6.92 Å². The van der Waals surface area contributed by atoms with Crippen LogP contribution >= 0.6 is 0 Å². The number of phenolic OH excluding ortho intramolecular Hbond substituents is 1. The quantitative estimate of drug-likeness (QED) is 0.487. The highest BCUT2D eigenvalue weighted by atomic mass is 16.5. The highest BCUT2D eigenvalue weighted by Gasteiger charge is 2.18. The van der Waals surface area contributed by atoms with Crippen molar-refractivity contribution in [1.29, 1.82) is 0 Å². The van der Waals surface area contributed by atoms with E-state index in [-0.39, 0.29) is 5.75 Å². The van der Waals surface area contributed by atoms with Crippen LogP contribution in [-0.2, 0) is 4.74 Å². The number of benzene rings is 2. The number of ether oxygens (including phenoxy) is 1. The highest BCUT2D eigenvalue weighted by Crippen LogP contribution is 2.37. The van der Waals surface area contributed by atoms with E-state index in [9.17, 15) is 9.90 Å². The van der Waals surface area contributed by atoms with E-state index in [1.54, 1.807) is 31.2 Å². The zero-order valence-electron chi connectivity index (χ0n) is 13.2. The first kappa shape index (κ1) is 16.4. The van der Waals surface area contributed by atoms with Crippen LogP contribution in [0.25, 0.3) is 6.08 Å². The van der Waals surface area contributed by atoms with Gasteiger partial charge in [0.15, 0.2) is 0 Å². The molecule has 0 amide bonds. The van der Waals surface area contributed by atoms with Gasteiger partial charge in [-0.3, -0.25) is 0 Å². The fraction of sp³-hybridized carbons (Fsp3) is 0.105. The van der Waals surface area contributed by atoms with Crippen molar-refractivity contribution in [3.8, 4) is 5.75 Å². The zero-order valence-corrected chi connectivity index (χ0v) is 13.2. The Morgan fingerprint density at radius 1 is 1.30 bits per heavy atom. The van der Waals surface area contributed by atoms with Gasteiger partial charge in [0.05, 0.1) is 18.4 Å². The topological polar surface area (TPSA) is 58.6 Å². The number of hydrogen-bond donors (Lipinski definition) is 2. The summed E-state index contributed by atoms with van der Waals surface area (Å²) in [5.41, 5.74) is 2.81. The average Bonchev–Trinajstić information content (AvgIpc) is 2.58. The van der Waals surface area contributed by atoms with Crippen LogP contribution in [0.4, 0.5) is 11.4 Å². The molecule has 0 unspecified atom stereocenters. The third-order valence-corrected chi connectivity index (χ3v) is 3.45. The van der Waals surface area contributed by atoms with Gasteiger partial charge in [0.25, 0.3) is 0 Å². The molecule has 0 heterocycles. The Morgan fingerprint density at radius 3 is 2.61 bits per heavy atom. The zero-order chi connectivity index (χ0) is 16.8. The summed E-state index contributed by atoms with van der Waals surface area (Å²) in [4.78, 5) is 12.0. The highest BCUT2D eigenvalue weighted by molar-refractivity contribution is 5.95. The van der Waals surface area contributed by atoms with Crippen LogP contribution in [0.1, 0.15) is 21.5 Å². The summed E-state index contributed by atoms with van der Waals surface area (Å²) in [7, 11) is 1.33. The van der Waals surface area contributed by atoms with Gasteiger partial charge in [0.1, 0.15) is 5.75 Å². The van der Waals surface area contributed by atoms with Crippen molar-refractivity contribution >= 4 is 23.4 Å². The van der Waals surface area contributed by atoms with Gasteiger partial charge < -0.3 is 15.2 Å². The molecule has 0 aliphatic rings.